The van der Waals surface area contributed by atoms with Gasteiger partial charge in [0.05, 0.1) is 18.8 Å². The summed E-state index contributed by atoms with van der Waals surface area (Å²) in [6.45, 7) is 2.92. The van der Waals surface area contributed by atoms with Crippen molar-refractivity contribution in [1.82, 2.24) is 0 Å². The van der Waals surface area contributed by atoms with Crippen LogP contribution in [-0.4, -0.2) is 28.4 Å². The summed E-state index contributed by atoms with van der Waals surface area (Å²) in [6, 6.07) is 10.4. The van der Waals surface area contributed by atoms with Gasteiger partial charge in [0, 0.05) is 6.42 Å². The summed E-state index contributed by atoms with van der Waals surface area (Å²) in [5.41, 5.74) is 1.22. The Morgan fingerprint density at radius 2 is 1.45 bits per heavy atom. The normalized spacial score (nSPS) is 13.3. The summed E-state index contributed by atoms with van der Waals surface area (Å²) in [7, 11) is 0. The highest BCUT2D eigenvalue weighted by Gasteiger charge is 2.11. The van der Waals surface area contributed by atoms with Gasteiger partial charge in [-0.05, 0) is 31.2 Å². The lowest BCUT2D eigenvalue weighted by Crippen LogP contribution is -2.13. The zero-order chi connectivity index (χ0) is 21.2. The maximum Gasteiger partial charge on any atom is 0.303 e. The summed E-state index contributed by atoms with van der Waals surface area (Å²) in [6.07, 6.45) is 14.0. The van der Waals surface area contributed by atoms with E-state index in [4.69, 9.17) is 9.84 Å². The van der Waals surface area contributed by atoms with Crippen LogP contribution >= 0.6 is 0 Å². The lowest BCUT2D eigenvalue weighted by Gasteiger charge is -2.18. The lowest BCUT2D eigenvalue weighted by atomic mass is 10.0. The summed E-state index contributed by atoms with van der Waals surface area (Å²) in [4.78, 5) is 10.6. The molecule has 0 heterocycles. The standard InChI is InChI=1S/C25H42O4/c1-2-3-4-5-6-12-17-24(29-21-22-14-9-7-10-15-22)18-13-8-11-16-23(26)19-20-25(27)28/h7,9-10,14-15,23-24,26H,2-6,8,11-13,16-21H2,1H3,(H,27,28). The Morgan fingerprint density at radius 3 is 2.10 bits per heavy atom. The zero-order valence-corrected chi connectivity index (χ0v) is 18.4. The number of rotatable bonds is 19. The van der Waals surface area contributed by atoms with Crippen LogP contribution in [0.1, 0.15) is 102 Å². The molecule has 1 rings (SSSR count). The van der Waals surface area contributed by atoms with Crippen molar-refractivity contribution >= 4 is 5.97 Å². The number of aliphatic hydroxyl groups excluding tert-OH is 1. The molecule has 0 aliphatic rings. The molecular formula is C25H42O4. The van der Waals surface area contributed by atoms with Crippen molar-refractivity contribution in [3.05, 3.63) is 35.9 Å². The number of benzene rings is 1. The average Bonchev–Trinajstić information content (AvgIpc) is 2.72. The van der Waals surface area contributed by atoms with Crippen molar-refractivity contribution in [2.75, 3.05) is 0 Å². The zero-order valence-electron chi connectivity index (χ0n) is 18.4. The van der Waals surface area contributed by atoms with E-state index in [1.54, 1.807) is 0 Å². The first-order chi connectivity index (χ1) is 14.1. The Balaban J connectivity index is 2.24. The van der Waals surface area contributed by atoms with E-state index in [2.05, 4.69) is 31.2 Å². The molecule has 0 aromatic heterocycles. The van der Waals surface area contributed by atoms with Crippen LogP contribution in [0.2, 0.25) is 0 Å². The SMILES string of the molecule is CCCCCCCCC(CCCCCC(O)CCC(=O)O)OCc1ccccc1. The molecule has 0 aliphatic carbocycles. The number of carboxylic acids is 1. The van der Waals surface area contributed by atoms with Crippen LogP contribution in [0.15, 0.2) is 30.3 Å². The molecule has 0 saturated heterocycles. The second-order valence-corrected chi connectivity index (χ2v) is 8.20. The number of unbranched alkanes of at least 4 members (excludes halogenated alkanes) is 7. The number of hydrogen-bond donors (Lipinski definition) is 2. The van der Waals surface area contributed by atoms with Gasteiger partial charge in [0.25, 0.3) is 0 Å². The summed E-state index contributed by atoms with van der Waals surface area (Å²) < 4.78 is 6.23. The van der Waals surface area contributed by atoms with E-state index in [9.17, 15) is 9.90 Å². The Morgan fingerprint density at radius 1 is 0.862 bits per heavy atom. The van der Waals surface area contributed by atoms with Gasteiger partial charge < -0.3 is 14.9 Å². The number of ether oxygens (including phenoxy) is 1. The van der Waals surface area contributed by atoms with Gasteiger partial charge in [-0.25, -0.2) is 0 Å². The Kier molecular flexibility index (Phi) is 15.4. The van der Waals surface area contributed by atoms with Crippen molar-refractivity contribution in [1.29, 1.82) is 0 Å². The molecule has 4 nitrogen and oxygen atoms in total. The summed E-state index contributed by atoms with van der Waals surface area (Å²) >= 11 is 0. The Labute approximate surface area is 177 Å². The van der Waals surface area contributed by atoms with E-state index < -0.39 is 12.1 Å². The molecule has 4 heteroatoms. The highest BCUT2D eigenvalue weighted by Crippen LogP contribution is 2.18. The molecule has 29 heavy (non-hydrogen) atoms. The third-order valence-electron chi connectivity index (χ3n) is 5.46. The van der Waals surface area contributed by atoms with Gasteiger partial charge in [-0.2, -0.15) is 0 Å². The number of carboxylic acid groups (broad SMARTS) is 1. The van der Waals surface area contributed by atoms with Crippen molar-refractivity contribution in [3.8, 4) is 0 Å². The van der Waals surface area contributed by atoms with Gasteiger partial charge in [-0.3, -0.25) is 4.79 Å². The van der Waals surface area contributed by atoms with Crippen LogP contribution in [-0.2, 0) is 16.1 Å². The fourth-order valence-electron chi connectivity index (χ4n) is 3.61. The monoisotopic (exact) mass is 406 g/mol. The maximum absolute atomic E-state index is 10.6. The van der Waals surface area contributed by atoms with E-state index in [1.807, 2.05) is 6.07 Å². The molecule has 0 amide bonds. The fourth-order valence-corrected chi connectivity index (χ4v) is 3.61. The number of hydrogen-bond acceptors (Lipinski definition) is 3. The molecule has 0 saturated carbocycles. The smallest absolute Gasteiger partial charge is 0.303 e. The van der Waals surface area contributed by atoms with E-state index in [0.29, 0.717) is 25.6 Å². The van der Waals surface area contributed by atoms with Gasteiger partial charge in [0.2, 0.25) is 0 Å². The minimum absolute atomic E-state index is 0.0504. The predicted octanol–water partition coefficient (Wildman–Crippen LogP) is 6.50. The maximum atomic E-state index is 10.6. The van der Waals surface area contributed by atoms with Gasteiger partial charge in [-0.15, -0.1) is 0 Å². The van der Waals surface area contributed by atoms with Crippen molar-refractivity contribution in [2.24, 2.45) is 0 Å². The molecule has 0 aliphatic heterocycles. The molecule has 2 N–H and O–H groups in total. The highest BCUT2D eigenvalue weighted by molar-refractivity contribution is 5.66. The molecular weight excluding hydrogens is 364 g/mol. The average molecular weight is 407 g/mol. The third-order valence-corrected chi connectivity index (χ3v) is 5.46. The topological polar surface area (TPSA) is 66.8 Å². The summed E-state index contributed by atoms with van der Waals surface area (Å²) in [5.74, 6) is -0.836. The largest absolute Gasteiger partial charge is 0.481 e. The highest BCUT2D eigenvalue weighted by atomic mass is 16.5. The lowest BCUT2D eigenvalue weighted by molar-refractivity contribution is -0.137. The van der Waals surface area contributed by atoms with Crippen LogP contribution in [0.3, 0.4) is 0 Å². The minimum atomic E-state index is -0.836. The molecule has 0 bridgehead atoms. The van der Waals surface area contributed by atoms with E-state index in [0.717, 1.165) is 32.1 Å². The van der Waals surface area contributed by atoms with Crippen molar-refractivity contribution in [3.63, 3.8) is 0 Å². The van der Waals surface area contributed by atoms with Gasteiger partial charge in [0.1, 0.15) is 0 Å². The number of aliphatic carboxylic acids is 1. The van der Waals surface area contributed by atoms with Crippen molar-refractivity contribution in [2.45, 2.75) is 116 Å². The summed E-state index contributed by atoms with van der Waals surface area (Å²) in [5, 5.41) is 18.5. The Hall–Kier alpha value is -1.39. The predicted molar refractivity (Wildman–Crippen MR) is 119 cm³/mol. The third kappa shape index (κ3) is 15.2. The first-order valence-corrected chi connectivity index (χ1v) is 11.7. The number of carbonyl (C=O) groups is 1. The van der Waals surface area contributed by atoms with Crippen LogP contribution < -0.4 is 0 Å². The minimum Gasteiger partial charge on any atom is -0.481 e. The Bertz CT molecular complexity index is 503. The molecule has 2 atom stereocenters. The molecule has 0 fully saturated rings. The first kappa shape index (κ1) is 25.6. The van der Waals surface area contributed by atoms with Gasteiger partial charge >= 0.3 is 5.97 Å². The van der Waals surface area contributed by atoms with Gasteiger partial charge in [-0.1, -0.05) is 95.0 Å². The van der Waals surface area contributed by atoms with E-state index in [-0.39, 0.29) is 6.42 Å². The van der Waals surface area contributed by atoms with Crippen molar-refractivity contribution < 1.29 is 19.7 Å². The molecule has 1 aromatic rings. The van der Waals surface area contributed by atoms with Gasteiger partial charge in [0.15, 0.2) is 0 Å². The molecule has 0 spiro atoms. The fraction of sp³-hybridized carbons (Fsp3) is 0.720. The molecule has 1 aromatic carbocycles. The number of aliphatic hydroxyl groups is 1. The van der Waals surface area contributed by atoms with E-state index in [1.165, 1.54) is 44.1 Å². The quantitative estimate of drug-likeness (QED) is 0.257. The van der Waals surface area contributed by atoms with Crippen LogP contribution in [0, 0.1) is 0 Å². The molecule has 0 radical (unpaired) electrons. The van der Waals surface area contributed by atoms with Crippen LogP contribution in [0.25, 0.3) is 0 Å². The van der Waals surface area contributed by atoms with E-state index >= 15 is 0 Å². The molecule has 2 unspecified atom stereocenters. The van der Waals surface area contributed by atoms with Crippen LogP contribution in [0.4, 0.5) is 0 Å². The first-order valence-electron chi connectivity index (χ1n) is 11.7. The second kappa shape index (κ2) is 17.5. The molecule has 166 valence electrons. The van der Waals surface area contributed by atoms with Crippen LogP contribution in [0.5, 0.6) is 0 Å². The second-order valence-electron chi connectivity index (χ2n) is 8.20.